The van der Waals surface area contributed by atoms with Crippen LogP contribution in [0, 0.1) is 11.3 Å². The average Bonchev–Trinajstić information content (AvgIpc) is 2.17. The molecule has 0 fully saturated rings. The van der Waals surface area contributed by atoms with E-state index in [0.717, 1.165) is 12.2 Å². The van der Waals surface area contributed by atoms with E-state index in [0.29, 0.717) is 5.56 Å². The van der Waals surface area contributed by atoms with Crippen LogP contribution in [0.4, 0.5) is 5.69 Å². The van der Waals surface area contributed by atoms with Gasteiger partial charge in [-0.15, -0.1) is 0 Å². The Morgan fingerprint density at radius 1 is 1.33 bits per heavy atom. The van der Waals surface area contributed by atoms with E-state index in [1.807, 2.05) is 31.3 Å². The van der Waals surface area contributed by atoms with Crippen molar-refractivity contribution in [2.24, 2.45) is 0 Å². The van der Waals surface area contributed by atoms with Crippen LogP contribution in [0.2, 0.25) is 0 Å². The summed E-state index contributed by atoms with van der Waals surface area (Å²) < 4.78 is 0. The Bertz CT molecular complexity index is 363. The number of nitrogens with one attached hydrogen (secondary N) is 2. The second-order valence-electron chi connectivity index (χ2n) is 4.20. The number of hydrogen-bond donors (Lipinski definition) is 2. The van der Waals surface area contributed by atoms with Gasteiger partial charge in [0.15, 0.2) is 0 Å². The maximum absolute atomic E-state index is 8.94. The van der Waals surface area contributed by atoms with E-state index >= 15 is 0 Å². The van der Waals surface area contributed by atoms with E-state index in [4.69, 9.17) is 5.26 Å². The van der Waals surface area contributed by atoms with Gasteiger partial charge in [-0.05, 0) is 33.0 Å². The molecule has 3 heteroatoms. The standard InChI is InChI=1S/C12H17N3/c1-12(2,9-14-3)15-11-7-5-4-6-10(11)8-13/h4-7,14-15H,9H2,1-3H3. The van der Waals surface area contributed by atoms with Gasteiger partial charge in [0, 0.05) is 12.1 Å². The summed E-state index contributed by atoms with van der Waals surface area (Å²) in [5.74, 6) is 0. The van der Waals surface area contributed by atoms with E-state index in [1.165, 1.54) is 0 Å². The zero-order valence-electron chi connectivity index (χ0n) is 9.46. The molecule has 0 spiro atoms. The van der Waals surface area contributed by atoms with Gasteiger partial charge in [-0.2, -0.15) is 5.26 Å². The smallest absolute Gasteiger partial charge is 0.101 e. The highest BCUT2D eigenvalue weighted by molar-refractivity contribution is 5.58. The maximum Gasteiger partial charge on any atom is 0.101 e. The zero-order chi connectivity index (χ0) is 11.3. The van der Waals surface area contributed by atoms with Crippen molar-refractivity contribution in [2.45, 2.75) is 19.4 Å². The summed E-state index contributed by atoms with van der Waals surface area (Å²) in [7, 11) is 1.92. The van der Waals surface area contributed by atoms with Crippen molar-refractivity contribution in [1.82, 2.24) is 5.32 Å². The predicted octanol–water partition coefficient (Wildman–Crippen LogP) is 1.97. The molecule has 0 radical (unpaired) electrons. The third-order valence-corrected chi connectivity index (χ3v) is 2.14. The molecule has 0 saturated heterocycles. The highest BCUT2D eigenvalue weighted by Crippen LogP contribution is 2.18. The van der Waals surface area contributed by atoms with Crippen LogP contribution in [0.25, 0.3) is 0 Å². The molecule has 0 heterocycles. The van der Waals surface area contributed by atoms with Gasteiger partial charge in [0.1, 0.15) is 6.07 Å². The lowest BCUT2D eigenvalue weighted by molar-refractivity contribution is 0.530. The molecular formula is C12H17N3. The van der Waals surface area contributed by atoms with Crippen molar-refractivity contribution in [3.8, 4) is 6.07 Å². The minimum atomic E-state index is -0.0678. The molecule has 0 unspecified atom stereocenters. The van der Waals surface area contributed by atoms with Gasteiger partial charge in [-0.25, -0.2) is 0 Å². The van der Waals surface area contributed by atoms with Crippen LogP contribution in [0.1, 0.15) is 19.4 Å². The molecule has 80 valence electrons. The molecule has 1 aromatic carbocycles. The molecule has 15 heavy (non-hydrogen) atoms. The van der Waals surface area contributed by atoms with Gasteiger partial charge in [-0.1, -0.05) is 12.1 Å². The Kier molecular flexibility index (Phi) is 3.70. The monoisotopic (exact) mass is 203 g/mol. The van der Waals surface area contributed by atoms with Crippen LogP contribution in [0.15, 0.2) is 24.3 Å². The number of nitriles is 1. The third kappa shape index (κ3) is 3.26. The highest BCUT2D eigenvalue weighted by Gasteiger charge is 2.17. The van der Waals surface area contributed by atoms with Crippen LogP contribution < -0.4 is 10.6 Å². The van der Waals surface area contributed by atoms with Crippen LogP contribution >= 0.6 is 0 Å². The van der Waals surface area contributed by atoms with E-state index in [2.05, 4.69) is 30.6 Å². The summed E-state index contributed by atoms with van der Waals surface area (Å²) in [6.07, 6.45) is 0. The molecule has 0 saturated carbocycles. The summed E-state index contributed by atoms with van der Waals surface area (Å²) in [5.41, 5.74) is 1.50. The van der Waals surface area contributed by atoms with Crippen LogP contribution in [0.5, 0.6) is 0 Å². The quantitative estimate of drug-likeness (QED) is 0.786. The fourth-order valence-electron chi connectivity index (χ4n) is 1.54. The van der Waals surface area contributed by atoms with E-state index < -0.39 is 0 Å². The van der Waals surface area contributed by atoms with Gasteiger partial charge in [0.25, 0.3) is 0 Å². The lowest BCUT2D eigenvalue weighted by atomic mass is 10.0. The van der Waals surface area contributed by atoms with Crippen molar-refractivity contribution in [3.63, 3.8) is 0 Å². The maximum atomic E-state index is 8.94. The van der Waals surface area contributed by atoms with Gasteiger partial charge in [0.05, 0.1) is 11.3 Å². The van der Waals surface area contributed by atoms with Crippen molar-refractivity contribution in [2.75, 3.05) is 18.9 Å². The lowest BCUT2D eigenvalue weighted by Crippen LogP contribution is -2.40. The fraction of sp³-hybridized carbons (Fsp3) is 0.417. The number of hydrogen-bond acceptors (Lipinski definition) is 3. The lowest BCUT2D eigenvalue weighted by Gasteiger charge is -2.27. The number of para-hydroxylation sites is 1. The average molecular weight is 203 g/mol. The van der Waals surface area contributed by atoms with E-state index in [9.17, 15) is 0 Å². The summed E-state index contributed by atoms with van der Waals surface area (Å²) in [6.45, 7) is 5.03. The first-order chi connectivity index (χ1) is 7.09. The van der Waals surface area contributed by atoms with Gasteiger partial charge >= 0.3 is 0 Å². The van der Waals surface area contributed by atoms with Gasteiger partial charge < -0.3 is 10.6 Å². The first-order valence-electron chi connectivity index (χ1n) is 5.01. The van der Waals surface area contributed by atoms with Crippen LogP contribution in [-0.4, -0.2) is 19.1 Å². The molecule has 2 N–H and O–H groups in total. The Hall–Kier alpha value is -1.53. The molecule has 1 aromatic rings. The number of likely N-dealkylation sites (N-methyl/N-ethyl adjacent to an activating group) is 1. The Labute approximate surface area is 91.1 Å². The van der Waals surface area contributed by atoms with Crippen molar-refractivity contribution >= 4 is 5.69 Å². The number of nitrogens with zero attached hydrogens (tertiary/aromatic N) is 1. The van der Waals surface area contributed by atoms with Crippen LogP contribution in [-0.2, 0) is 0 Å². The van der Waals surface area contributed by atoms with Gasteiger partial charge in [0.2, 0.25) is 0 Å². The molecular weight excluding hydrogens is 186 g/mol. The second-order valence-corrected chi connectivity index (χ2v) is 4.20. The molecule has 0 aliphatic heterocycles. The number of anilines is 1. The first kappa shape index (κ1) is 11.5. The molecule has 0 aliphatic rings. The summed E-state index contributed by atoms with van der Waals surface area (Å²) in [6, 6.07) is 9.72. The zero-order valence-corrected chi connectivity index (χ0v) is 9.46. The Morgan fingerprint density at radius 3 is 2.60 bits per heavy atom. The normalized spacial score (nSPS) is 10.8. The Balaban J connectivity index is 2.85. The van der Waals surface area contributed by atoms with Crippen molar-refractivity contribution in [3.05, 3.63) is 29.8 Å². The van der Waals surface area contributed by atoms with Crippen molar-refractivity contribution < 1.29 is 0 Å². The fourth-order valence-corrected chi connectivity index (χ4v) is 1.54. The second kappa shape index (κ2) is 4.81. The number of rotatable bonds is 4. The summed E-state index contributed by atoms with van der Waals surface area (Å²) >= 11 is 0. The first-order valence-corrected chi connectivity index (χ1v) is 5.01. The minimum absolute atomic E-state index is 0.0678. The summed E-state index contributed by atoms with van der Waals surface area (Å²) in [5, 5.41) is 15.4. The molecule has 0 amide bonds. The molecule has 1 rings (SSSR count). The molecule has 0 aliphatic carbocycles. The SMILES string of the molecule is CNCC(C)(C)Nc1ccccc1C#N. The minimum Gasteiger partial charge on any atom is -0.378 e. The largest absolute Gasteiger partial charge is 0.378 e. The molecule has 0 atom stereocenters. The molecule has 0 bridgehead atoms. The summed E-state index contributed by atoms with van der Waals surface area (Å²) in [4.78, 5) is 0. The van der Waals surface area contributed by atoms with Gasteiger partial charge in [-0.3, -0.25) is 0 Å². The third-order valence-electron chi connectivity index (χ3n) is 2.14. The molecule has 0 aromatic heterocycles. The molecule has 3 nitrogen and oxygen atoms in total. The highest BCUT2D eigenvalue weighted by atomic mass is 15.0. The number of benzene rings is 1. The van der Waals surface area contributed by atoms with Crippen LogP contribution in [0.3, 0.4) is 0 Å². The van der Waals surface area contributed by atoms with E-state index in [1.54, 1.807) is 0 Å². The topological polar surface area (TPSA) is 47.8 Å². The Morgan fingerprint density at radius 2 is 2.00 bits per heavy atom. The predicted molar refractivity (Wildman–Crippen MR) is 62.8 cm³/mol. The van der Waals surface area contributed by atoms with E-state index in [-0.39, 0.29) is 5.54 Å². The van der Waals surface area contributed by atoms with Crippen molar-refractivity contribution in [1.29, 1.82) is 5.26 Å².